The van der Waals surface area contributed by atoms with E-state index in [0.717, 1.165) is 11.1 Å². The van der Waals surface area contributed by atoms with Gasteiger partial charge in [-0.15, -0.1) is 0 Å². The van der Waals surface area contributed by atoms with Crippen LogP contribution in [-0.2, 0) is 6.61 Å². The molecule has 1 aromatic carbocycles. The average molecular weight is 201 g/mol. The third kappa shape index (κ3) is 4.19. The highest BCUT2D eigenvalue weighted by atomic mass is 16.3. The highest BCUT2D eigenvalue weighted by Gasteiger charge is 1.88. The van der Waals surface area contributed by atoms with E-state index >= 15 is 0 Å². The molecule has 0 spiro atoms. The van der Waals surface area contributed by atoms with Gasteiger partial charge >= 0.3 is 0 Å². The Morgan fingerprint density at radius 1 is 1.33 bits per heavy atom. The van der Waals surface area contributed by atoms with Crippen LogP contribution in [0.3, 0.4) is 0 Å². The third-order valence-electron chi connectivity index (χ3n) is 1.77. The van der Waals surface area contributed by atoms with Crippen molar-refractivity contribution in [1.29, 1.82) is 0 Å². The molecule has 0 radical (unpaired) electrons. The largest absolute Gasteiger partial charge is 0.392 e. The molecule has 1 N–H and O–H groups in total. The van der Waals surface area contributed by atoms with Crippen LogP contribution in [0, 0.1) is 11.8 Å². The van der Waals surface area contributed by atoms with Crippen LogP contribution in [0.1, 0.15) is 17.5 Å². The molecule has 0 aromatic heterocycles. The predicted octanol–water partition coefficient (Wildman–Crippen LogP) is 2.23. The molecule has 1 aromatic rings. The zero-order chi connectivity index (χ0) is 10.9. The first kappa shape index (κ1) is 11.1. The molecule has 0 amide bonds. The van der Waals surface area contributed by atoms with Gasteiger partial charge in [0.1, 0.15) is 0 Å². The van der Waals surface area contributed by atoms with E-state index in [0.29, 0.717) is 13.0 Å². The molecule has 0 saturated heterocycles. The molecular weight excluding hydrogens is 190 g/mol. The van der Waals surface area contributed by atoms with Crippen LogP contribution in [0.2, 0.25) is 0 Å². The molecule has 4 heteroatoms. The molecular formula is C11H11N3O. The molecule has 0 fully saturated rings. The van der Waals surface area contributed by atoms with Crippen molar-refractivity contribution < 1.29 is 5.11 Å². The van der Waals surface area contributed by atoms with Crippen molar-refractivity contribution in [1.82, 2.24) is 0 Å². The van der Waals surface area contributed by atoms with E-state index < -0.39 is 0 Å². The molecule has 0 unspecified atom stereocenters. The van der Waals surface area contributed by atoms with Crippen molar-refractivity contribution in [3.8, 4) is 11.8 Å². The summed E-state index contributed by atoms with van der Waals surface area (Å²) < 4.78 is 0. The molecule has 15 heavy (non-hydrogen) atoms. The van der Waals surface area contributed by atoms with Crippen LogP contribution in [0.4, 0.5) is 0 Å². The number of aliphatic hydroxyl groups excluding tert-OH is 1. The predicted molar refractivity (Wildman–Crippen MR) is 57.9 cm³/mol. The Hall–Kier alpha value is -1.95. The fraction of sp³-hybridized carbons (Fsp3) is 0.273. The van der Waals surface area contributed by atoms with E-state index in [1.54, 1.807) is 0 Å². The van der Waals surface area contributed by atoms with Gasteiger partial charge in [0.25, 0.3) is 0 Å². The second-order valence-corrected chi connectivity index (χ2v) is 2.86. The standard InChI is InChI=1S/C11H11N3O/c12-14-13-8-2-1-3-10-4-6-11(9-15)7-5-10/h4-7,15H,2,8-9H2. The van der Waals surface area contributed by atoms with Gasteiger partial charge in [-0.2, -0.15) is 0 Å². The van der Waals surface area contributed by atoms with Gasteiger partial charge in [-0.1, -0.05) is 29.1 Å². The summed E-state index contributed by atoms with van der Waals surface area (Å²) in [5, 5.41) is 12.2. The first-order valence-electron chi connectivity index (χ1n) is 4.56. The number of benzene rings is 1. The number of azide groups is 1. The van der Waals surface area contributed by atoms with Crippen molar-refractivity contribution in [2.45, 2.75) is 13.0 Å². The molecule has 0 aliphatic heterocycles. The Kier molecular flexibility index (Phi) is 4.82. The summed E-state index contributed by atoms with van der Waals surface area (Å²) in [4.78, 5) is 2.63. The molecule has 0 aliphatic rings. The van der Waals surface area contributed by atoms with Gasteiger partial charge in [0.2, 0.25) is 0 Å². The minimum absolute atomic E-state index is 0.0462. The zero-order valence-corrected chi connectivity index (χ0v) is 8.22. The van der Waals surface area contributed by atoms with Gasteiger partial charge in [-0.25, -0.2) is 0 Å². The smallest absolute Gasteiger partial charge is 0.0681 e. The number of hydrogen-bond acceptors (Lipinski definition) is 2. The van der Waals surface area contributed by atoms with Crippen molar-refractivity contribution in [3.63, 3.8) is 0 Å². The fourth-order valence-electron chi connectivity index (χ4n) is 1.01. The lowest BCUT2D eigenvalue weighted by molar-refractivity contribution is 0.282. The van der Waals surface area contributed by atoms with Crippen molar-refractivity contribution in [2.75, 3.05) is 6.54 Å². The Morgan fingerprint density at radius 3 is 2.67 bits per heavy atom. The van der Waals surface area contributed by atoms with E-state index in [2.05, 4.69) is 21.9 Å². The van der Waals surface area contributed by atoms with Crippen LogP contribution >= 0.6 is 0 Å². The van der Waals surface area contributed by atoms with E-state index in [4.69, 9.17) is 10.6 Å². The second kappa shape index (κ2) is 6.50. The Morgan fingerprint density at radius 2 is 2.07 bits per heavy atom. The highest BCUT2D eigenvalue weighted by molar-refractivity contribution is 5.35. The summed E-state index contributed by atoms with van der Waals surface area (Å²) in [6.45, 7) is 0.447. The van der Waals surface area contributed by atoms with E-state index in [1.807, 2.05) is 24.3 Å². The molecule has 0 saturated carbocycles. The topological polar surface area (TPSA) is 69.0 Å². The van der Waals surface area contributed by atoms with Gasteiger partial charge in [0.05, 0.1) is 6.61 Å². The molecule has 1 rings (SSSR count). The summed E-state index contributed by atoms with van der Waals surface area (Å²) in [6, 6.07) is 7.37. The van der Waals surface area contributed by atoms with Crippen LogP contribution in [0.15, 0.2) is 29.4 Å². The maximum Gasteiger partial charge on any atom is 0.0681 e. The molecule has 0 atom stereocenters. The fourth-order valence-corrected chi connectivity index (χ4v) is 1.01. The molecule has 0 aliphatic carbocycles. The third-order valence-corrected chi connectivity index (χ3v) is 1.77. The van der Waals surface area contributed by atoms with E-state index in [9.17, 15) is 0 Å². The normalized spacial score (nSPS) is 8.60. The summed E-state index contributed by atoms with van der Waals surface area (Å²) in [7, 11) is 0. The highest BCUT2D eigenvalue weighted by Crippen LogP contribution is 2.02. The minimum Gasteiger partial charge on any atom is -0.392 e. The molecule has 4 nitrogen and oxygen atoms in total. The average Bonchev–Trinajstić information content (AvgIpc) is 2.30. The Labute approximate surface area is 88.2 Å². The van der Waals surface area contributed by atoms with Crippen molar-refractivity contribution >= 4 is 0 Å². The van der Waals surface area contributed by atoms with Crippen molar-refractivity contribution in [2.24, 2.45) is 5.11 Å². The van der Waals surface area contributed by atoms with Gasteiger partial charge in [-0.3, -0.25) is 0 Å². The van der Waals surface area contributed by atoms with Gasteiger partial charge in [-0.05, 0) is 23.2 Å². The van der Waals surface area contributed by atoms with Gasteiger partial charge in [0.15, 0.2) is 0 Å². The summed E-state index contributed by atoms with van der Waals surface area (Å²) in [5.74, 6) is 5.84. The number of hydrogen-bond donors (Lipinski definition) is 1. The van der Waals surface area contributed by atoms with Crippen molar-refractivity contribution in [3.05, 3.63) is 45.8 Å². The lowest BCUT2D eigenvalue weighted by atomic mass is 10.1. The minimum atomic E-state index is 0.0462. The zero-order valence-electron chi connectivity index (χ0n) is 8.22. The van der Waals surface area contributed by atoms with E-state index in [1.165, 1.54) is 0 Å². The quantitative estimate of drug-likeness (QED) is 0.263. The van der Waals surface area contributed by atoms with Crippen LogP contribution in [0.5, 0.6) is 0 Å². The molecule has 0 bridgehead atoms. The maximum atomic E-state index is 8.82. The summed E-state index contributed by atoms with van der Waals surface area (Å²) in [5.41, 5.74) is 9.79. The lowest BCUT2D eigenvalue weighted by Gasteiger charge is -1.94. The lowest BCUT2D eigenvalue weighted by Crippen LogP contribution is -1.82. The Bertz CT molecular complexity index is 408. The van der Waals surface area contributed by atoms with Crippen LogP contribution < -0.4 is 0 Å². The number of aliphatic hydroxyl groups is 1. The van der Waals surface area contributed by atoms with Gasteiger partial charge < -0.3 is 5.11 Å². The SMILES string of the molecule is [N-]=[N+]=NCCC#Cc1ccc(CO)cc1. The summed E-state index contributed by atoms with van der Waals surface area (Å²) in [6.07, 6.45) is 0.561. The van der Waals surface area contributed by atoms with Crippen LogP contribution in [0.25, 0.3) is 10.4 Å². The van der Waals surface area contributed by atoms with Crippen LogP contribution in [-0.4, -0.2) is 11.7 Å². The van der Waals surface area contributed by atoms with Gasteiger partial charge in [0, 0.05) is 23.4 Å². The monoisotopic (exact) mass is 201 g/mol. The first-order chi connectivity index (χ1) is 7.36. The first-order valence-corrected chi connectivity index (χ1v) is 4.56. The molecule has 76 valence electrons. The Balaban J connectivity index is 2.52. The summed E-state index contributed by atoms with van der Waals surface area (Å²) >= 11 is 0. The second-order valence-electron chi connectivity index (χ2n) is 2.86. The number of rotatable bonds is 3. The molecule has 0 heterocycles. The number of nitrogens with zero attached hydrogens (tertiary/aromatic N) is 3. The van der Waals surface area contributed by atoms with E-state index in [-0.39, 0.29) is 6.61 Å². The maximum absolute atomic E-state index is 8.82.